The molecule has 5 aromatic rings. The first kappa shape index (κ1) is 46.8. The van der Waals surface area contributed by atoms with Gasteiger partial charge in [-0.3, -0.25) is 9.52 Å². The Balaban J connectivity index is 0.987. The number of nitrogens with one attached hydrogen (secondary N) is 2. The summed E-state index contributed by atoms with van der Waals surface area (Å²) in [7, 11) is 4.71. The maximum atomic E-state index is 15.2. The second-order valence-electron chi connectivity index (χ2n) is 16.3. The minimum absolute atomic E-state index is 0.0348. The largest absolute Gasteiger partial charge is 0.478 e. The summed E-state index contributed by atoms with van der Waals surface area (Å²) >= 11 is 1.10. The van der Waals surface area contributed by atoms with E-state index in [1.165, 1.54) is 19.2 Å². The molecule has 0 radical (unpaired) electrons. The number of amides is 3. The van der Waals surface area contributed by atoms with E-state index in [-0.39, 0.29) is 62.4 Å². The van der Waals surface area contributed by atoms with Crippen LogP contribution in [0.1, 0.15) is 44.7 Å². The highest BCUT2D eigenvalue weighted by Gasteiger charge is 2.50. The number of carbonyl (C=O) groups is 2. The van der Waals surface area contributed by atoms with Crippen LogP contribution < -0.4 is 26.0 Å². The molecule has 19 nitrogen and oxygen atoms in total. The standard InChI is InChI=1S/C42H52F3N13O6S/c1-41(2,3)64-39(59)47-16-10-15-42(26-11-8-7-9-12-26)58(53-37(65-42)28-21-27(43)13-14-29(28)44)40(60)55(5)63-20-19-62-18-17-57-24-32(36(52-57)61-6)49-34-33-35(54(4)25-48-33)51-38(50-34)56-22-30(45)31(46)23-56/h7-9,11-14,21,24-25,30-31H,10,15-20,22-23,46H2,1-6H3,(H,47,59)(H,49,50,51)/t30-,31-,42+/m1/s1. The van der Waals surface area contributed by atoms with E-state index in [0.717, 1.165) is 35.0 Å². The lowest BCUT2D eigenvalue weighted by atomic mass is 10.0. The van der Waals surface area contributed by atoms with E-state index >= 15 is 4.39 Å². The number of halogens is 3. The second-order valence-corrected chi connectivity index (χ2v) is 17.5. The normalized spacial score (nSPS) is 18.6. The average molecular weight is 924 g/mol. The van der Waals surface area contributed by atoms with Gasteiger partial charge in [-0.2, -0.15) is 20.1 Å². The van der Waals surface area contributed by atoms with Gasteiger partial charge in [0, 0.05) is 32.7 Å². The number of aromatic nitrogens is 6. The fourth-order valence-corrected chi connectivity index (χ4v) is 8.53. The van der Waals surface area contributed by atoms with Crippen LogP contribution >= 0.6 is 11.8 Å². The Bertz CT molecular complexity index is 2500. The van der Waals surface area contributed by atoms with Crippen LogP contribution in [-0.2, 0) is 32.8 Å². The third-order valence-electron chi connectivity index (χ3n) is 10.3. The van der Waals surface area contributed by atoms with Crippen LogP contribution in [-0.4, -0.2) is 128 Å². The van der Waals surface area contributed by atoms with Gasteiger partial charge in [-0.1, -0.05) is 42.1 Å². The van der Waals surface area contributed by atoms with Crippen LogP contribution in [0.2, 0.25) is 0 Å². The highest BCUT2D eigenvalue weighted by Crippen LogP contribution is 2.51. The van der Waals surface area contributed by atoms with Crippen molar-refractivity contribution >= 4 is 57.5 Å². The number of alkyl halides is 1. The highest BCUT2D eigenvalue weighted by molar-refractivity contribution is 8.15. The Morgan fingerprint density at radius 3 is 2.58 bits per heavy atom. The summed E-state index contributed by atoms with van der Waals surface area (Å²) in [6.45, 7) is 6.37. The molecule has 0 aliphatic carbocycles. The number of urea groups is 1. The Labute approximate surface area is 377 Å². The Hall–Kier alpha value is -6.17. The molecule has 0 saturated carbocycles. The molecule has 23 heteroatoms. The molecule has 3 aromatic heterocycles. The summed E-state index contributed by atoms with van der Waals surface area (Å²) < 4.78 is 64.1. The maximum absolute atomic E-state index is 15.2. The molecule has 2 aromatic carbocycles. The number of anilines is 3. The monoisotopic (exact) mass is 923 g/mol. The van der Waals surface area contributed by atoms with E-state index in [9.17, 15) is 18.4 Å². The maximum Gasteiger partial charge on any atom is 0.407 e. The number of fused-ring (bicyclic) bond motifs is 1. The first-order chi connectivity index (χ1) is 31.0. The van der Waals surface area contributed by atoms with Crippen molar-refractivity contribution in [2.45, 2.75) is 62.8 Å². The third-order valence-corrected chi connectivity index (χ3v) is 11.7. The highest BCUT2D eigenvalue weighted by atomic mass is 32.2. The molecule has 5 heterocycles. The lowest BCUT2D eigenvalue weighted by molar-refractivity contribution is -0.125. The Morgan fingerprint density at radius 1 is 1.08 bits per heavy atom. The van der Waals surface area contributed by atoms with E-state index in [1.54, 1.807) is 66.6 Å². The number of alkyl carbamates (subject to hydrolysis) is 1. The van der Waals surface area contributed by atoms with Crippen molar-refractivity contribution < 1.29 is 41.8 Å². The second kappa shape index (κ2) is 19.9. The van der Waals surface area contributed by atoms with Crippen molar-refractivity contribution in [2.75, 3.05) is 63.8 Å². The molecule has 2 aliphatic rings. The van der Waals surface area contributed by atoms with Gasteiger partial charge in [0.15, 0.2) is 17.0 Å². The number of thioether (sulfide) groups is 1. The number of hydrogen-bond acceptors (Lipinski definition) is 15. The molecule has 7 rings (SSSR count). The first-order valence-corrected chi connectivity index (χ1v) is 21.6. The number of rotatable bonds is 17. The SMILES string of the molecule is COc1nn(CCOCCON(C)C(=O)N2N=C(c3cc(F)ccc3F)S[C@@]2(CCCNC(=O)OC(C)(C)C)c2ccccc2)cc1Nc1nc(N2C[C@@H](N)[C@H](F)C2)nc2c1ncn2C. The number of benzene rings is 2. The molecular weight excluding hydrogens is 872 g/mol. The third kappa shape index (κ3) is 10.9. The number of hydrazone groups is 1. The van der Waals surface area contributed by atoms with E-state index < -0.39 is 46.4 Å². The number of methoxy groups -OCH3 is 1. The van der Waals surface area contributed by atoms with Crippen LogP contribution in [0.5, 0.6) is 5.88 Å². The predicted octanol–water partition coefficient (Wildman–Crippen LogP) is 5.64. The summed E-state index contributed by atoms with van der Waals surface area (Å²) in [6.07, 6.45) is 2.12. The summed E-state index contributed by atoms with van der Waals surface area (Å²) in [5, 5.41) is 17.4. The zero-order valence-electron chi connectivity index (χ0n) is 36.8. The molecule has 0 unspecified atom stereocenters. The van der Waals surface area contributed by atoms with Crippen LogP contribution in [0.25, 0.3) is 11.2 Å². The number of carbonyl (C=O) groups excluding carboxylic acids is 2. The van der Waals surface area contributed by atoms with E-state index in [4.69, 9.17) is 24.8 Å². The zero-order valence-corrected chi connectivity index (χ0v) is 37.6. The number of nitrogens with zero attached hydrogens (tertiary/aromatic N) is 10. The van der Waals surface area contributed by atoms with Crippen LogP contribution in [0, 0.1) is 11.6 Å². The Kier molecular flexibility index (Phi) is 14.3. The first-order valence-electron chi connectivity index (χ1n) is 20.8. The number of ether oxygens (including phenoxy) is 3. The van der Waals surface area contributed by atoms with Gasteiger partial charge < -0.3 is 40.0 Å². The number of hydroxylamine groups is 2. The number of aryl methyl sites for hydroxylation is 1. The van der Waals surface area contributed by atoms with Gasteiger partial charge in [-0.05, 0) is 57.4 Å². The van der Waals surface area contributed by atoms with Crippen LogP contribution in [0.15, 0.2) is 66.2 Å². The van der Waals surface area contributed by atoms with Crippen molar-refractivity contribution in [3.63, 3.8) is 0 Å². The quantitative estimate of drug-likeness (QED) is 0.0763. The van der Waals surface area contributed by atoms with Crippen LogP contribution in [0.4, 0.5) is 40.2 Å². The van der Waals surface area contributed by atoms with Crippen molar-refractivity contribution in [1.82, 2.24) is 44.7 Å². The van der Waals surface area contributed by atoms with E-state index in [1.807, 2.05) is 18.2 Å². The van der Waals surface area contributed by atoms with Gasteiger partial charge >= 0.3 is 12.1 Å². The number of nitrogens with two attached hydrogens (primary N) is 1. The van der Waals surface area contributed by atoms with Crippen molar-refractivity contribution in [2.24, 2.45) is 17.9 Å². The fourth-order valence-electron chi connectivity index (χ4n) is 7.12. The Morgan fingerprint density at radius 2 is 1.86 bits per heavy atom. The minimum atomic E-state index is -1.25. The van der Waals surface area contributed by atoms with Gasteiger partial charge in [-0.25, -0.2) is 32.8 Å². The fraction of sp³-hybridized carbons (Fsp3) is 0.452. The summed E-state index contributed by atoms with van der Waals surface area (Å²) in [5.74, 6) is -0.420. The molecule has 3 amide bonds. The zero-order chi connectivity index (χ0) is 46.5. The molecule has 65 heavy (non-hydrogen) atoms. The van der Waals surface area contributed by atoms with Gasteiger partial charge in [0.25, 0.3) is 5.88 Å². The van der Waals surface area contributed by atoms with E-state index in [2.05, 4.69) is 35.8 Å². The average Bonchev–Trinajstić information content (AvgIpc) is 4.05. The van der Waals surface area contributed by atoms with Crippen molar-refractivity contribution in [3.05, 3.63) is 83.8 Å². The number of hydrogen-bond donors (Lipinski definition) is 3. The lowest BCUT2D eigenvalue weighted by Gasteiger charge is -2.37. The predicted molar refractivity (Wildman–Crippen MR) is 237 cm³/mol. The van der Waals surface area contributed by atoms with E-state index in [0.29, 0.717) is 47.1 Å². The molecule has 3 atom stereocenters. The molecule has 348 valence electrons. The van der Waals surface area contributed by atoms with Gasteiger partial charge in [0.1, 0.15) is 39.0 Å². The number of imidazole rings is 1. The van der Waals surface area contributed by atoms with Crippen molar-refractivity contribution in [1.29, 1.82) is 0 Å². The summed E-state index contributed by atoms with van der Waals surface area (Å²) in [4.78, 5) is 46.7. The molecule has 2 aliphatic heterocycles. The molecule has 1 saturated heterocycles. The van der Waals surface area contributed by atoms with Gasteiger partial charge in [0.2, 0.25) is 5.95 Å². The van der Waals surface area contributed by atoms with Crippen molar-refractivity contribution in [3.8, 4) is 5.88 Å². The summed E-state index contributed by atoms with van der Waals surface area (Å²) in [6, 6.07) is 10.8. The minimum Gasteiger partial charge on any atom is -0.478 e. The summed E-state index contributed by atoms with van der Waals surface area (Å²) in [5.41, 5.74) is 7.31. The smallest absolute Gasteiger partial charge is 0.407 e. The van der Waals surface area contributed by atoms with Gasteiger partial charge in [-0.15, -0.1) is 5.10 Å². The molecule has 0 bridgehead atoms. The molecule has 1 fully saturated rings. The topological polar surface area (TPSA) is 205 Å². The molecule has 0 spiro atoms. The van der Waals surface area contributed by atoms with Crippen LogP contribution in [0.3, 0.4) is 0 Å². The van der Waals surface area contributed by atoms with Gasteiger partial charge in [0.05, 0.1) is 58.6 Å². The lowest BCUT2D eigenvalue weighted by Crippen LogP contribution is -2.47. The molecule has 4 N–H and O–H groups in total. The molecular formula is C42H52F3N13O6S.